The van der Waals surface area contributed by atoms with Gasteiger partial charge in [0, 0.05) is 6.54 Å². The standard InChI is InChI=1S/C23H16ClFN2O4S/c1-2-7-27-22(29)19(10-13-8-16(24)21-18(9-13)30-12-31-21)32-23(27)15(11-26)20(28)14-5-3-4-6-17(14)25/h3-6,8-10H,2,7,12H2,1H3. The first-order chi connectivity index (χ1) is 15.4. The number of rotatable bonds is 5. The van der Waals surface area contributed by atoms with Gasteiger partial charge in [-0.15, -0.1) is 11.3 Å². The van der Waals surface area contributed by atoms with Gasteiger partial charge in [0.1, 0.15) is 22.1 Å². The Kier molecular flexibility index (Phi) is 6.12. The molecule has 0 bridgehead atoms. The molecule has 2 heterocycles. The Bertz CT molecular complexity index is 1450. The second kappa shape index (κ2) is 8.99. The molecule has 0 atom stereocenters. The Morgan fingerprint density at radius 1 is 1.34 bits per heavy atom. The van der Waals surface area contributed by atoms with E-state index < -0.39 is 11.6 Å². The van der Waals surface area contributed by atoms with Crippen LogP contribution in [0.5, 0.6) is 11.5 Å². The van der Waals surface area contributed by atoms with Gasteiger partial charge in [-0.3, -0.25) is 14.2 Å². The van der Waals surface area contributed by atoms with Crippen molar-refractivity contribution in [3.63, 3.8) is 0 Å². The molecule has 4 rings (SSSR count). The van der Waals surface area contributed by atoms with Crippen molar-refractivity contribution in [3.05, 3.63) is 77.9 Å². The normalized spacial score (nSPS) is 13.8. The number of ether oxygens (including phenoxy) is 2. The van der Waals surface area contributed by atoms with Crippen molar-refractivity contribution in [1.29, 1.82) is 5.26 Å². The number of Topliss-reactive ketones (excluding diaryl/α,β-unsaturated/α-hetero) is 1. The third kappa shape index (κ3) is 3.93. The fourth-order valence-corrected chi connectivity index (χ4v) is 4.73. The summed E-state index contributed by atoms with van der Waals surface area (Å²) in [6.45, 7) is 2.24. The maximum Gasteiger partial charge on any atom is 0.269 e. The highest BCUT2D eigenvalue weighted by atomic mass is 35.5. The molecule has 0 saturated heterocycles. The van der Waals surface area contributed by atoms with Crippen LogP contribution in [0.1, 0.15) is 29.3 Å². The molecule has 1 aromatic heterocycles. The lowest BCUT2D eigenvalue weighted by molar-refractivity contribution is 0.105. The molecule has 1 aliphatic rings. The van der Waals surface area contributed by atoms with Gasteiger partial charge in [-0.2, -0.15) is 5.26 Å². The molecular weight excluding hydrogens is 455 g/mol. The number of thiazole rings is 1. The van der Waals surface area contributed by atoms with E-state index in [2.05, 4.69) is 0 Å². The highest BCUT2D eigenvalue weighted by molar-refractivity contribution is 7.07. The fraction of sp³-hybridized carbons (Fsp3) is 0.174. The molecule has 6 nitrogen and oxygen atoms in total. The summed E-state index contributed by atoms with van der Waals surface area (Å²) in [5.74, 6) is -0.592. The largest absolute Gasteiger partial charge is 0.454 e. The molecule has 0 radical (unpaired) electrons. The molecule has 3 aromatic rings. The van der Waals surface area contributed by atoms with Crippen molar-refractivity contribution in [3.8, 4) is 17.6 Å². The predicted octanol–water partition coefficient (Wildman–Crippen LogP) is 3.23. The van der Waals surface area contributed by atoms with E-state index in [4.69, 9.17) is 21.1 Å². The van der Waals surface area contributed by atoms with Gasteiger partial charge >= 0.3 is 0 Å². The number of benzene rings is 2. The van der Waals surface area contributed by atoms with E-state index in [1.54, 1.807) is 18.2 Å². The zero-order valence-corrected chi connectivity index (χ0v) is 18.4. The van der Waals surface area contributed by atoms with Crippen LogP contribution in [-0.4, -0.2) is 17.1 Å². The molecular formula is C23H16ClFN2O4S. The molecule has 32 heavy (non-hydrogen) atoms. The number of hydrogen-bond donors (Lipinski definition) is 0. The molecule has 0 spiro atoms. The number of hydrogen-bond acceptors (Lipinski definition) is 6. The van der Waals surface area contributed by atoms with E-state index in [0.29, 0.717) is 39.6 Å². The Labute approximate surface area is 191 Å². The van der Waals surface area contributed by atoms with Gasteiger partial charge in [0.15, 0.2) is 11.5 Å². The summed E-state index contributed by atoms with van der Waals surface area (Å²) in [5, 5.41) is 10.1. The summed E-state index contributed by atoms with van der Waals surface area (Å²) >= 11 is 7.23. The first-order valence-electron chi connectivity index (χ1n) is 9.68. The van der Waals surface area contributed by atoms with Crippen LogP contribution in [-0.2, 0) is 6.54 Å². The Morgan fingerprint density at radius 2 is 2.12 bits per heavy atom. The summed E-state index contributed by atoms with van der Waals surface area (Å²) in [5.41, 5.74) is -0.253. The van der Waals surface area contributed by atoms with Crippen molar-refractivity contribution >= 4 is 40.4 Å². The average molecular weight is 471 g/mol. The molecule has 2 aromatic carbocycles. The molecule has 0 unspecified atom stereocenters. The molecule has 1 aliphatic heterocycles. The Balaban J connectivity index is 1.94. The molecule has 0 fully saturated rings. The number of ketones is 1. The highest BCUT2D eigenvalue weighted by Crippen LogP contribution is 2.39. The van der Waals surface area contributed by atoms with E-state index in [9.17, 15) is 19.2 Å². The van der Waals surface area contributed by atoms with Crippen LogP contribution in [0.3, 0.4) is 0 Å². The van der Waals surface area contributed by atoms with E-state index in [0.717, 1.165) is 17.4 Å². The first-order valence-corrected chi connectivity index (χ1v) is 10.9. The second-order valence-electron chi connectivity index (χ2n) is 6.90. The smallest absolute Gasteiger partial charge is 0.269 e. The van der Waals surface area contributed by atoms with Crippen LogP contribution in [0.15, 0.2) is 41.2 Å². The van der Waals surface area contributed by atoms with Crippen LogP contribution in [0.4, 0.5) is 4.39 Å². The van der Waals surface area contributed by atoms with Crippen molar-refractivity contribution < 1.29 is 18.7 Å². The van der Waals surface area contributed by atoms with E-state index >= 15 is 0 Å². The SMILES string of the molecule is CCCn1c(=C(C#N)C(=O)c2ccccc2F)sc(=Cc2cc(Cl)c3c(c2)OCO3)c1=O. The van der Waals surface area contributed by atoms with Gasteiger partial charge < -0.3 is 9.47 Å². The van der Waals surface area contributed by atoms with Crippen molar-refractivity contribution in [2.24, 2.45) is 0 Å². The first kappa shape index (κ1) is 21.8. The third-order valence-electron chi connectivity index (χ3n) is 4.77. The molecule has 0 amide bonds. The summed E-state index contributed by atoms with van der Waals surface area (Å²) in [6.07, 6.45) is 2.21. The number of nitriles is 1. The number of nitrogens with zero attached hydrogens (tertiary/aromatic N) is 2. The van der Waals surface area contributed by atoms with E-state index in [-0.39, 0.29) is 28.2 Å². The monoisotopic (exact) mass is 470 g/mol. The zero-order valence-electron chi connectivity index (χ0n) is 16.9. The van der Waals surface area contributed by atoms with Gasteiger partial charge in [0.2, 0.25) is 12.6 Å². The highest BCUT2D eigenvalue weighted by Gasteiger charge is 2.21. The Hall–Kier alpha value is -3.41. The minimum atomic E-state index is -0.769. The summed E-state index contributed by atoms with van der Waals surface area (Å²) in [6, 6.07) is 10.6. The van der Waals surface area contributed by atoms with Crippen LogP contribution >= 0.6 is 22.9 Å². The van der Waals surface area contributed by atoms with E-state index in [1.165, 1.54) is 22.8 Å². The van der Waals surface area contributed by atoms with Crippen molar-refractivity contribution in [2.75, 3.05) is 6.79 Å². The molecule has 0 N–H and O–H groups in total. The Morgan fingerprint density at radius 3 is 2.84 bits per heavy atom. The minimum Gasteiger partial charge on any atom is -0.454 e. The molecule has 0 saturated carbocycles. The quantitative estimate of drug-likeness (QED) is 0.535. The maximum atomic E-state index is 14.2. The third-order valence-corrected chi connectivity index (χ3v) is 6.18. The number of fused-ring (bicyclic) bond motifs is 1. The van der Waals surface area contributed by atoms with E-state index in [1.807, 2.05) is 13.0 Å². The van der Waals surface area contributed by atoms with Gasteiger partial charge in [-0.05, 0) is 42.3 Å². The topological polar surface area (TPSA) is 81.3 Å². The van der Waals surface area contributed by atoms with Crippen molar-refractivity contribution in [1.82, 2.24) is 4.57 Å². The number of halogens is 2. The predicted molar refractivity (Wildman–Crippen MR) is 119 cm³/mol. The van der Waals surface area contributed by atoms with Gasteiger partial charge in [-0.1, -0.05) is 30.7 Å². The minimum absolute atomic E-state index is 0.0591. The summed E-state index contributed by atoms with van der Waals surface area (Å²) in [7, 11) is 0. The van der Waals surface area contributed by atoms with Crippen molar-refractivity contribution in [2.45, 2.75) is 19.9 Å². The lowest BCUT2D eigenvalue weighted by Crippen LogP contribution is -2.32. The zero-order chi connectivity index (χ0) is 22.8. The number of carbonyl (C=O) groups excluding carboxylic acids is 1. The van der Waals surface area contributed by atoms with Gasteiger partial charge in [0.05, 0.1) is 15.1 Å². The lowest BCUT2D eigenvalue weighted by atomic mass is 10.0. The summed E-state index contributed by atoms with van der Waals surface area (Å²) < 4.78 is 26.7. The second-order valence-corrected chi connectivity index (χ2v) is 8.34. The lowest BCUT2D eigenvalue weighted by Gasteiger charge is -2.03. The van der Waals surface area contributed by atoms with Crippen LogP contribution in [0.25, 0.3) is 11.6 Å². The van der Waals surface area contributed by atoms with Crippen LogP contribution in [0.2, 0.25) is 5.02 Å². The van der Waals surface area contributed by atoms with Gasteiger partial charge in [0.25, 0.3) is 5.56 Å². The average Bonchev–Trinajstić information content (AvgIpc) is 3.36. The number of aromatic nitrogens is 1. The molecule has 162 valence electrons. The molecule has 9 heteroatoms. The molecule has 0 aliphatic carbocycles. The van der Waals surface area contributed by atoms with Crippen LogP contribution < -0.4 is 24.2 Å². The maximum absolute atomic E-state index is 14.2. The number of carbonyl (C=O) groups is 1. The van der Waals surface area contributed by atoms with Crippen LogP contribution in [0, 0.1) is 17.1 Å². The van der Waals surface area contributed by atoms with Gasteiger partial charge in [-0.25, -0.2) is 4.39 Å². The fourth-order valence-electron chi connectivity index (χ4n) is 3.33. The summed E-state index contributed by atoms with van der Waals surface area (Å²) in [4.78, 5) is 26.0.